The van der Waals surface area contributed by atoms with Crippen LogP contribution in [-0.4, -0.2) is 37.0 Å². The Morgan fingerprint density at radius 1 is 0.382 bits per heavy atom. The summed E-state index contributed by atoms with van der Waals surface area (Å²) in [6.07, 6.45) is 13.2. The van der Waals surface area contributed by atoms with Gasteiger partial charge in [0.25, 0.3) is 0 Å². The van der Waals surface area contributed by atoms with E-state index in [2.05, 4.69) is 0 Å². The monoisotopic (exact) mass is 673 g/mol. The van der Waals surface area contributed by atoms with Crippen LogP contribution in [0.4, 0.5) is 0 Å². The second-order valence-corrected chi connectivity index (χ2v) is 16.5. The molecule has 0 saturated carbocycles. The van der Waals surface area contributed by atoms with Gasteiger partial charge in [0.2, 0.25) is 0 Å². The number of unbranched alkanes of at least 4 members (excludes halogenated alkanes) is 6. The minimum Gasteiger partial charge on any atom is -0.799 e. The second kappa shape index (κ2) is 27.9. The predicted molar refractivity (Wildman–Crippen MR) is 141 cm³/mol. The molecule has 0 heterocycles. The summed E-state index contributed by atoms with van der Waals surface area (Å²) in [6.45, 7) is 12.1. The molecule has 0 aromatic heterocycles. The van der Waals surface area contributed by atoms with Crippen molar-refractivity contribution in [2.45, 2.75) is 119 Å². The summed E-state index contributed by atoms with van der Waals surface area (Å²) >= 11 is 0. The molecule has 0 spiro atoms. The van der Waals surface area contributed by atoms with Gasteiger partial charge in [-0.2, -0.15) is 0 Å². The fourth-order valence-electron chi connectivity index (χ4n) is 2.73. The molecule has 0 aliphatic carbocycles. The predicted octanol–water partition coefficient (Wildman–Crippen LogP) is 6.68. The van der Waals surface area contributed by atoms with E-state index < -0.39 is 22.1 Å². The molecule has 0 aromatic carbocycles. The first kappa shape index (κ1) is 43.0. The molecule has 0 aliphatic heterocycles. The summed E-state index contributed by atoms with van der Waals surface area (Å²) in [7, 11) is -8.93. The van der Waals surface area contributed by atoms with Crippen molar-refractivity contribution in [2.24, 2.45) is 0 Å². The molecule has 0 aromatic rings. The van der Waals surface area contributed by atoms with Crippen molar-refractivity contribution >= 4 is 22.1 Å². The van der Waals surface area contributed by atoms with Gasteiger partial charge in [0.05, 0.1) is 0 Å². The maximum absolute atomic E-state index is 11.2. The minimum atomic E-state index is -2.98. The fraction of sp³-hybridized carbons (Fsp3) is 1.00. The number of hydrogen-bond acceptors (Lipinski definition) is 6. The Bertz CT molecular complexity index is 449. The van der Waals surface area contributed by atoms with Crippen LogP contribution in [0.3, 0.4) is 0 Å². The zero-order chi connectivity index (χ0) is 26.2. The molecule has 10 heteroatoms. The maximum Gasteiger partial charge on any atom is 3.00 e. The van der Waals surface area contributed by atoms with Crippen LogP contribution < -0.4 is 14.7 Å². The van der Waals surface area contributed by atoms with Gasteiger partial charge in [0, 0.05) is 22.1 Å². The van der Waals surface area contributed by atoms with Crippen molar-refractivity contribution in [3.63, 3.8) is 0 Å². The van der Waals surface area contributed by atoms with E-state index in [-0.39, 0.29) is 40.8 Å². The molecule has 0 saturated heterocycles. The van der Waals surface area contributed by atoms with Crippen LogP contribution in [0.1, 0.15) is 119 Å². The van der Waals surface area contributed by atoms with Crippen LogP contribution in [-0.2, 0) is 13.7 Å². The van der Waals surface area contributed by atoms with E-state index in [9.17, 15) is 28.4 Å². The zero-order valence-electron chi connectivity index (χ0n) is 23.0. The Balaban J connectivity index is -0.000000196. The van der Waals surface area contributed by atoms with Crippen LogP contribution in [0, 0.1) is 40.8 Å². The van der Waals surface area contributed by atoms with Crippen molar-refractivity contribution in [3.8, 4) is 0 Å². The summed E-state index contributed by atoms with van der Waals surface area (Å²) < 4.78 is 33.5. The summed E-state index contributed by atoms with van der Waals surface area (Å²) in [6, 6.07) is 0. The first-order chi connectivity index (χ1) is 15.4. The molecule has 0 unspecified atom stereocenters. The molecule has 34 heavy (non-hydrogen) atoms. The van der Waals surface area contributed by atoms with Crippen molar-refractivity contribution in [1.29, 1.82) is 0 Å². The first-order valence-corrected chi connectivity index (χ1v) is 19.2. The van der Waals surface area contributed by atoms with Gasteiger partial charge in [-0.25, -0.2) is 0 Å². The van der Waals surface area contributed by atoms with Crippen molar-refractivity contribution < 1.29 is 69.2 Å². The molecule has 0 amide bonds. The van der Waals surface area contributed by atoms with E-state index >= 15 is 0 Å². The quantitative estimate of drug-likeness (QED) is 0.150. The first-order valence-electron chi connectivity index (χ1n) is 13.2. The van der Waals surface area contributed by atoms with Gasteiger partial charge in [0.15, 0.2) is 0 Å². The van der Waals surface area contributed by atoms with Gasteiger partial charge in [0.1, 0.15) is 0 Å². The molecule has 6 nitrogen and oxygen atoms in total. The van der Waals surface area contributed by atoms with Crippen LogP contribution in [0.25, 0.3) is 0 Å². The minimum absolute atomic E-state index is 0. The smallest absolute Gasteiger partial charge is 0.799 e. The molecule has 205 valence electrons. The Labute approximate surface area is 245 Å². The summed E-state index contributed by atoms with van der Waals surface area (Å²) in [5, 5.41) is 0. The number of rotatable bonds is 18. The van der Waals surface area contributed by atoms with Crippen LogP contribution in [0.2, 0.25) is 0 Å². The Kier molecular flexibility index (Phi) is 35.3. The van der Waals surface area contributed by atoms with E-state index in [1.54, 1.807) is 0 Å². The van der Waals surface area contributed by atoms with E-state index in [1.165, 1.54) is 0 Å². The van der Waals surface area contributed by atoms with Gasteiger partial charge < -0.3 is 28.4 Å². The van der Waals surface area contributed by atoms with Gasteiger partial charge in [-0.1, -0.05) is 80.1 Å². The van der Waals surface area contributed by atoms with Crippen molar-refractivity contribution in [1.82, 2.24) is 0 Å². The molecular weight excluding hydrogens is 621 g/mol. The molecule has 0 rings (SSSR count). The van der Waals surface area contributed by atoms with Crippen LogP contribution in [0.5, 0.6) is 0 Å². The van der Waals surface area contributed by atoms with Crippen LogP contribution >= 0.6 is 22.1 Å². The average Bonchev–Trinajstić information content (AvgIpc) is 2.77. The van der Waals surface area contributed by atoms with E-state index in [4.69, 9.17) is 0 Å². The fourth-order valence-corrected chi connectivity index (χ4v) is 8.19. The van der Waals surface area contributed by atoms with Crippen LogP contribution in [0.15, 0.2) is 0 Å². The Morgan fingerprint density at radius 2 is 0.500 bits per heavy atom. The third-order valence-electron chi connectivity index (χ3n) is 5.11. The number of hydrogen-bond donors (Lipinski definition) is 0. The average molecular weight is 676 g/mol. The SMILES string of the molecule is CCCCP(=O)([O-])CCCC.CCCCP(=O)([O-])CCCC.CCCCP(=O)([O-])CCCC.[Nd+3]. The summed E-state index contributed by atoms with van der Waals surface area (Å²) in [5.74, 6) is 0. The largest absolute Gasteiger partial charge is 3.00 e. The van der Waals surface area contributed by atoms with Gasteiger partial charge in [-0.3, -0.25) is 0 Å². The maximum atomic E-state index is 11.2. The van der Waals surface area contributed by atoms with E-state index in [0.717, 1.165) is 77.0 Å². The molecule has 0 N–H and O–H groups in total. The third-order valence-corrected chi connectivity index (χ3v) is 11.1. The summed E-state index contributed by atoms with van der Waals surface area (Å²) in [4.78, 5) is 33.5. The second-order valence-electron chi connectivity index (χ2n) is 8.91. The topological polar surface area (TPSA) is 120 Å². The zero-order valence-corrected chi connectivity index (χ0v) is 28.9. The van der Waals surface area contributed by atoms with Gasteiger partial charge in [-0.05, 0) is 75.5 Å². The normalized spacial score (nSPS) is 11.6. The molecule has 0 fully saturated rings. The molecule has 0 atom stereocenters. The molecule has 1 radical (unpaired) electrons. The van der Waals surface area contributed by atoms with Gasteiger partial charge in [-0.15, -0.1) is 0 Å². The van der Waals surface area contributed by atoms with Gasteiger partial charge >= 0.3 is 40.8 Å². The summed E-state index contributed by atoms with van der Waals surface area (Å²) in [5.41, 5.74) is 0. The standard InChI is InChI=1S/3C8H19O2P.Nd/c3*1-3-5-7-11(9,10)8-6-4-2;/h3*3-8H2,1-2H3,(H,9,10);/q;;;+3/p-3. The Hall–Kier alpha value is 1.92. The molecular formula is C24H54NdO6P3. The molecule has 0 aliphatic rings. The van der Waals surface area contributed by atoms with Crippen molar-refractivity contribution in [2.75, 3.05) is 37.0 Å². The van der Waals surface area contributed by atoms with E-state index in [0.29, 0.717) is 37.0 Å². The molecule has 0 bridgehead atoms. The van der Waals surface area contributed by atoms with E-state index in [1.807, 2.05) is 41.5 Å². The third kappa shape index (κ3) is 36.1. The van der Waals surface area contributed by atoms with Crippen molar-refractivity contribution in [3.05, 3.63) is 0 Å². The Morgan fingerprint density at radius 3 is 0.588 bits per heavy atom.